The maximum Gasteiger partial charge on any atom is 0.246 e. The molecule has 10 nitrogen and oxygen atoms in total. The summed E-state index contributed by atoms with van der Waals surface area (Å²) in [6.45, 7) is 7.28. The topological polar surface area (TPSA) is 101 Å². The molecular formula is C22H32N6O4S. The Bertz CT molecular complexity index is 1070. The van der Waals surface area contributed by atoms with E-state index < -0.39 is 10.0 Å². The van der Waals surface area contributed by atoms with Crippen molar-refractivity contribution < 1.29 is 17.9 Å². The number of ether oxygens (including phenoxy) is 2. The van der Waals surface area contributed by atoms with Gasteiger partial charge in [-0.1, -0.05) is 6.92 Å². The van der Waals surface area contributed by atoms with Crippen LogP contribution < -0.4 is 14.5 Å². The lowest BCUT2D eigenvalue weighted by Gasteiger charge is -2.38. The molecule has 2 aliphatic heterocycles. The third-order valence-electron chi connectivity index (χ3n) is 6.20. The zero-order valence-corrected chi connectivity index (χ0v) is 20.5. The van der Waals surface area contributed by atoms with Crippen molar-refractivity contribution in [3.05, 3.63) is 30.1 Å². The van der Waals surface area contributed by atoms with Crippen LogP contribution in [0.1, 0.15) is 18.9 Å². The Hall–Kier alpha value is -2.50. The molecule has 0 N–H and O–H groups in total. The summed E-state index contributed by atoms with van der Waals surface area (Å²) in [7, 11) is -0.507. The van der Waals surface area contributed by atoms with Gasteiger partial charge in [0.25, 0.3) is 0 Å². The third-order valence-corrected chi connectivity index (χ3v) is 8.03. The summed E-state index contributed by atoms with van der Waals surface area (Å²) in [4.78, 5) is 17.7. The Labute approximate surface area is 195 Å². The quantitative estimate of drug-likeness (QED) is 0.615. The molecule has 33 heavy (non-hydrogen) atoms. The number of methoxy groups -OCH3 is 2. The minimum absolute atomic E-state index is 0.101. The van der Waals surface area contributed by atoms with Crippen LogP contribution >= 0.6 is 0 Å². The third kappa shape index (κ3) is 5.04. The molecule has 0 bridgehead atoms. The molecule has 4 rings (SSSR count). The highest BCUT2D eigenvalue weighted by Crippen LogP contribution is 2.31. The summed E-state index contributed by atoms with van der Waals surface area (Å²) in [6.07, 6.45) is 4.15. The summed E-state index contributed by atoms with van der Waals surface area (Å²) in [5.74, 6) is 1.85. The summed E-state index contributed by atoms with van der Waals surface area (Å²) in [5, 5.41) is 0. The second-order valence-electron chi connectivity index (χ2n) is 8.73. The molecule has 11 heteroatoms. The van der Waals surface area contributed by atoms with Gasteiger partial charge < -0.3 is 19.3 Å². The zero-order valence-electron chi connectivity index (χ0n) is 19.6. The molecule has 0 spiro atoms. The van der Waals surface area contributed by atoms with Gasteiger partial charge in [0.05, 0.1) is 13.2 Å². The van der Waals surface area contributed by atoms with E-state index in [4.69, 9.17) is 9.47 Å². The minimum Gasteiger partial charge on any atom is -0.481 e. The SMILES string of the molecule is COc1ccnc(N2CCN(c3ncc(C)cc3S(=O)(=O)N3CC(C)CC(OC)C3)CC2)n1. The monoisotopic (exact) mass is 476 g/mol. The average molecular weight is 477 g/mol. The first-order valence-electron chi connectivity index (χ1n) is 11.2. The average Bonchev–Trinajstić information content (AvgIpc) is 2.83. The van der Waals surface area contributed by atoms with Crippen molar-refractivity contribution in [1.29, 1.82) is 0 Å². The molecule has 0 amide bonds. The van der Waals surface area contributed by atoms with Crippen LogP contribution in [-0.4, -0.2) is 87.3 Å². The van der Waals surface area contributed by atoms with Gasteiger partial charge in [0.1, 0.15) is 10.7 Å². The van der Waals surface area contributed by atoms with Crippen LogP contribution in [0, 0.1) is 12.8 Å². The second kappa shape index (κ2) is 9.78. The van der Waals surface area contributed by atoms with Crippen molar-refractivity contribution >= 4 is 21.8 Å². The van der Waals surface area contributed by atoms with Crippen molar-refractivity contribution in [2.75, 3.05) is 63.3 Å². The largest absolute Gasteiger partial charge is 0.481 e. The Morgan fingerprint density at radius 3 is 2.48 bits per heavy atom. The Kier molecular flexibility index (Phi) is 7.01. The van der Waals surface area contributed by atoms with Gasteiger partial charge in [-0.05, 0) is 30.9 Å². The first-order valence-corrected chi connectivity index (χ1v) is 12.6. The van der Waals surface area contributed by atoms with Gasteiger partial charge in [0, 0.05) is 64.8 Å². The predicted octanol–water partition coefficient (Wildman–Crippen LogP) is 1.56. The van der Waals surface area contributed by atoms with E-state index in [0.29, 0.717) is 56.9 Å². The fraction of sp³-hybridized carbons (Fsp3) is 0.591. The normalized spacial score (nSPS) is 22.4. The Balaban J connectivity index is 1.56. The molecule has 2 atom stereocenters. The summed E-state index contributed by atoms with van der Waals surface area (Å²) in [5.41, 5.74) is 0.814. The van der Waals surface area contributed by atoms with Crippen LogP contribution in [0.4, 0.5) is 11.8 Å². The van der Waals surface area contributed by atoms with E-state index >= 15 is 0 Å². The molecule has 0 saturated carbocycles. The van der Waals surface area contributed by atoms with Gasteiger partial charge in [0.15, 0.2) is 0 Å². The van der Waals surface area contributed by atoms with E-state index in [2.05, 4.69) is 26.8 Å². The number of piperazine rings is 1. The van der Waals surface area contributed by atoms with E-state index in [0.717, 1.165) is 12.0 Å². The fourth-order valence-electron chi connectivity index (χ4n) is 4.43. The van der Waals surface area contributed by atoms with Crippen molar-refractivity contribution in [1.82, 2.24) is 19.3 Å². The first kappa shape index (κ1) is 23.7. The van der Waals surface area contributed by atoms with E-state index in [1.54, 1.807) is 43.1 Å². The van der Waals surface area contributed by atoms with Crippen molar-refractivity contribution in [2.45, 2.75) is 31.3 Å². The number of hydrogen-bond donors (Lipinski definition) is 0. The van der Waals surface area contributed by atoms with Crippen LogP contribution in [-0.2, 0) is 14.8 Å². The molecular weight excluding hydrogens is 444 g/mol. The number of rotatable bonds is 6. The van der Waals surface area contributed by atoms with Crippen LogP contribution in [0.5, 0.6) is 5.88 Å². The molecule has 0 radical (unpaired) electrons. The number of hydrogen-bond acceptors (Lipinski definition) is 9. The van der Waals surface area contributed by atoms with Gasteiger partial charge >= 0.3 is 0 Å². The highest BCUT2D eigenvalue weighted by Gasteiger charge is 2.36. The van der Waals surface area contributed by atoms with Crippen molar-refractivity contribution in [3.8, 4) is 5.88 Å². The maximum atomic E-state index is 13.7. The smallest absolute Gasteiger partial charge is 0.246 e. The number of nitrogens with zero attached hydrogens (tertiary/aromatic N) is 6. The number of piperidine rings is 1. The zero-order chi connectivity index (χ0) is 23.6. The highest BCUT2D eigenvalue weighted by molar-refractivity contribution is 7.89. The Morgan fingerprint density at radius 1 is 1.06 bits per heavy atom. The maximum absolute atomic E-state index is 13.7. The predicted molar refractivity (Wildman–Crippen MR) is 125 cm³/mol. The Morgan fingerprint density at radius 2 is 1.79 bits per heavy atom. The standard InChI is InChI=1S/C22H32N6O4S/c1-16-12-19(33(29,30)28-14-17(2)11-18(15-28)31-3)21(24-13-16)26-7-9-27(10-8-26)22-23-6-5-20(25-22)32-4/h5-6,12-13,17-18H,7-11,14-15H2,1-4H3. The van der Waals surface area contributed by atoms with Gasteiger partial charge in [-0.2, -0.15) is 9.29 Å². The molecule has 2 saturated heterocycles. The highest BCUT2D eigenvalue weighted by atomic mass is 32.2. The van der Waals surface area contributed by atoms with Crippen molar-refractivity contribution in [3.63, 3.8) is 0 Å². The molecule has 2 aromatic rings. The second-order valence-corrected chi connectivity index (χ2v) is 10.6. The molecule has 0 aromatic carbocycles. The van der Waals surface area contributed by atoms with E-state index in [1.165, 1.54) is 0 Å². The lowest BCUT2D eigenvalue weighted by molar-refractivity contribution is 0.0384. The first-order chi connectivity index (χ1) is 15.8. The molecule has 2 aliphatic rings. The lowest BCUT2D eigenvalue weighted by Crippen LogP contribution is -2.49. The van der Waals surface area contributed by atoms with E-state index in [9.17, 15) is 8.42 Å². The summed E-state index contributed by atoms with van der Waals surface area (Å²) >= 11 is 0. The molecule has 4 heterocycles. The number of pyridine rings is 1. The molecule has 2 fully saturated rings. The number of sulfonamides is 1. The van der Waals surface area contributed by atoms with E-state index in [-0.39, 0.29) is 16.9 Å². The van der Waals surface area contributed by atoms with Crippen LogP contribution in [0.3, 0.4) is 0 Å². The van der Waals surface area contributed by atoms with Crippen LogP contribution in [0.2, 0.25) is 0 Å². The van der Waals surface area contributed by atoms with Crippen LogP contribution in [0.25, 0.3) is 0 Å². The van der Waals surface area contributed by atoms with Crippen molar-refractivity contribution in [2.24, 2.45) is 5.92 Å². The fourth-order valence-corrected chi connectivity index (χ4v) is 6.27. The van der Waals surface area contributed by atoms with Gasteiger partial charge in [-0.25, -0.2) is 18.4 Å². The van der Waals surface area contributed by atoms with Gasteiger partial charge in [-0.15, -0.1) is 0 Å². The summed E-state index contributed by atoms with van der Waals surface area (Å²) < 4.78 is 39.7. The number of aromatic nitrogens is 3. The molecule has 2 aromatic heterocycles. The van der Waals surface area contributed by atoms with Gasteiger partial charge in [-0.3, -0.25) is 0 Å². The van der Waals surface area contributed by atoms with Gasteiger partial charge in [0.2, 0.25) is 21.9 Å². The molecule has 180 valence electrons. The minimum atomic E-state index is -3.72. The van der Waals surface area contributed by atoms with E-state index in [1.807, 2.05) is 11.8 Å². The molecule has 2 unspecified atom stereocenters. The summed E-state index contributed by atoms with van der Waals surface area (Å²) in [6, 6.07) is 3.44. The lowest BCUT2D eigenvalue weighted by atomic mass is 10.00. The molecule has 0 aliphatic carbocycles. The number of aryl methyl sites for hydroxylation is 1. The number of anilines is 2. The van der Waals surface area contributed by atoms with Crippen LogP contribution in [0.15, 0.2) is 29.4 Å².